The second kappa shape index (κ2) is 4.71. The SMILES string of the molecule is N#Cc1ccc(N2CN3C4CCC(C4)[C@H]3C2=O)cc1C(F)(F)F. The van der Waals surface area contributed by atoms with Gasteiger partial charge in [0.2, 0.25) is 5.91 Å². The number of carbonyl (C=O) groups is 1. The summed E-state index contributed by atoms with van der Waals surface area (Å²) < 4.78 is 39.3. The van der Waals surface area contributed by atoms with Gasteiger partial charge in [0.1, 0.15) is 0 Å². The highest BCUT2D eigenvalue weighted by molar-refractivity contribution is 6.00. The lowest BCUT2D eigenvalue weighted by Crippen LogP contribution is -2.38. The Labute approximate surface area is 131 Å². The van der Waals surface area contributed by atoms with Crippen LogP contribution >= 0.6 is 0 Å². The molecule has 1 saturated carbocycles. The second-order valence-corrected chi connectivity index (χ2v) is 6.43. The molecular formula is C16H14F3N3O. The second-order valence-electron chi connectivity index (χ2n) is 6.43. The van der Waals surface area contributed by atoms with Gasteiger partial charge in [-0.15, -0.1) is 0 Å². The van der Waals surface area contributed by atoms with Gasteiger partial charge >= 0.3 is 6.18 Å². The summed E-state index contributed by atoms with van der Waals surface area (Å²) in [6.45, 7) is 0.341. The molecule has 1 aromatic rings. The molecule has 1 aromatic carbocycles. The Bertz CT molecular complexity index is 724. The summed E-state index contributed by atoms with van der Waals surface area (Å²) in [6, 6.07) is 5.24. The first kappa shape index (κ1) is 14.5. The molecule has 120 valence electrons. The predicted molar refractivity (Wildman–Crippen MR) is 75.3 cm³/mol. The van der Waals surface area contributed by atoms with E-state index in [1.807, 2.05) is 0 Å². The van der Waals surface area contributed by atoms with Gasteiger partial charge in [-0.25, -0.2) is 0 Å². The van der Waals surface area contributed by atoms with E-state index in [1.165, 1.54) is 11.0 Å². The summed E-state index contributed by atoms with van der Waals surface area (Å²) in [7, 11) is 0. The smallest absolute Gasteiger partial charge is 0.298 e. The van der Waals surface area contributed by atoms with Crippen LogP contribution in [0.3, 0.4) is 0 Å². The van der Waals surface area contributed by atoms with Crippen LogP contribution in [0, 0.1) is 17.2 Å². The quantitative estimate of drug-likeness (QED) is 0.799. The van der Waals surface area contributed by atoms with Gasteiger partial charge in [0.05, 0.1) is 29.9 Å². The molecule has 23 heavy (non-hydrogen) atoms. The molecule has 0 spiro atoms. The molecule has 3 aliphatic rings. The number of anilines is 1. The number of nitriles is 1. The number of rotatable bonds is 1. The molecule has 4 rings (SSSR count). The van der Waals surface area contributed by atoms with Crippen molar-refractivity contribution < 1.29 is 18.0 Å². The summed E-state index contributed by atoms with van der Waals surface area (Å²) in [4.78, 5) is 16.2. The van der Waals surface area contributed by atoms with E-state index >= 15 is 0 Å². The number of hydrogen-bond donors (Lipinski definition) is 0. The average Bonchev–Trinajstić information content (AvgIpc) is 3.19. The molecule has 4 nitrogen and oxygen atoms in total. The van der Waals surface area contributed by atoms with Gasteiger partial charge < -0.3 is 0 Å². The third-order valence-corrected chi connectivity index (χ3v) is 5.28. The third kappa shape index (κ3) is 2.05. The van der Waals surface area contributed by atoms with Crippen molar-refractivity contribution in [2.45, 2.75) is 37.5 Å². The van der Waals surface area contributed by atoms with Crippen LogP contribution in [0.5, 0.6) is 0 Å². The predicted octanol–water partition coefficient (Wildman–Crippen LogP) is 2.73. The summed E-state index contributed by atoms with van der Waals surface area (Å²) in [5.74, 6) is 0.216. The fourth-order valence-electron chi connectivity index (χ4n) is 4.26. The lowest BCUT2D eigenvalue weighted by atomic mass is 9.99. The molecule has 2 aliphatic heterocycles. The van der Waals surface area contributed by atoms with Gasteiger partial charge in [-0.3, -0.25) is 14.6 Å². The molecule has 3 fully saturated rings. The highest BCUT2D eigenvalue weighted by atomic mass is 19.4. The van der Waals surface area contributed by atoms with Crippen molar-refractivity contribution in [1.29, 1.82) is 5.26 Å². The number of halogens is 3. The zero-order chi connectivity index (χ0) is 16.4. The standard InChI is InChI=1S/C16H14F3N3O/c17-16(18,19)13-6-12(4-2-10(13)7-20)22-8-21-11-3-1-9(5-11)14(21)15(22)23/h2,4,6,9,11,14H,1,3,5,8H2/t9?,11?,14-/m0/s1. The molecule has 7 heteroatoms. The minimum atomic E-state index is -4.61. The fraction of sp³-hybridized carbons (Fsp3) is 0.500. The number of nitrogens with zero attached hydrogens (tertiary/aromatic N) is 3. The summed E-state index contributed by atoms with van der Waals surface area (Å²) in [5, 5.41) is 8.86. The Morgan fingerprint density at radius 3 is 2.70 bits per heavy atom. The maximum absolute atomic E-state index is 13.1. The molecule has 1 aliphatic carbocycles. The Balaban J connectivity index is 1.70. The van der Waals surface area contributed by atoms with Crippen LogP contribution in [-0.2, 0) is 11.0 Å². The first-order valence-corrected chi connectivity index (χ1v) is 7.58. The van der Waals surface area contributed by atoms with Crippen LogP contribution < -0.4 is 4.90 Å². The van der Waals surface area contributed by atoms with Gasteiger partial charge in [0, 0.05) is 11.7 Å². The van der Waals surface area contributed by atoms with Gasteiger partial charge in [0.15, 0.2) is 0 Å². The molecule has 2 unspecified atom stereocenters. The molecule has 0 aromatic heterocycles. The topological polar surface area (TPSA) is 47.3 Å². The van der Waals surface area contributed by atoms with E-state index in [0.29, 0.717) is 18.6 Å². The zero-order valence-electron chi connectivity index (χ0n) is 12.2. The number of piperidine rings is 1. The first-order valence-electron chi connectivity index (χ1n) is 7.58. The minimum Gasteiger partial charge on any atom is -0.298 e. The Morgan fingerprint density at radius 1 is 1.26 bits per heavy atom. The molecule has 1 amide bonds. The van der Waals surface area contributed by atoms with Crippen molar-refractivity contribution in [1.82, 2.24) is 4.90 Å². The van der Waals surface area contributed by atoms with E-state index in [4.69, 9.17) is 5.26 Å². The molecular weight excluding hydrogens is 307 g/mol. The number of carbonyl (C=O) groups excluding carboxylic acids is 1. The van der Waals surface area contributed by atoms with E-state index in [0.717, 1.165) is 31.4 Å². The Morgan fingerprint density at radius 2 is 2.04 bits per heavy atom. The summed E-state index contributed by atoms with van der Waals surface area (Å²) in [6.07, 6.45) is -1.51. The maximum Gasteiger partial charge on any atom is 0.417 e. The van der Waals surface area contributed by atoms with Crippen LogP contribution in [0.2, 0.25) is 0 Å². The van der Waals surface area contributed by atoms with Crippen LogP contribution in [0.15, 0.2) is 18.2 Å². The van der Waals surface area contributed by atoms with E-state index in [9.17, 15) is 18.0 Å². The molecule has 0 radical (unpaired) electrons. The van der Waals surface area contributed by atoms with Crippen molar-refractivity contribution in [2.24, 2.45) is 5.92 Å². The molecule has 0 N–H and O–H groups in total. The number of fused-ring (bicyclic) bond motifs is 5. The lowest BCUT2D eigenvalue weighted by molar-refractivity contribution is -0.137. The van der Waals surface area contributed by atoms with Gasteiger partial charge in [0.25, 0.3) is 0 Å². The lowest BCUT2D eigenvalue weighted by Gasteiger charge is -2.25. The number of hydrogen-bond acceptors (Lipinski definition) is 3. The highest BCUT2D eigenvalue weighted by Gasteiger charge is 2.55. The van der Waals surface area contributed by atoms with Crippen LogP contribution in [-0.4, -0.2) is 29.6 Å². The zero-order valence-corrected chi connectivity index (χ0v) is 12.2. The molecule has 2 saturated heterocycles. The number of benzene rings is 1. The normalized spacial score (nSPS) is 29.9. The van der Waals surface area contributed by atoms with Crippen LogP contribution in [0.1, 0.15) is 30.4 Å². The van der Waals surface area contributed by atoms with E-state index in [2.05, 4.69) is 4.90 Å². The van der Waals surface area contributed by atoms with Crippen molar-refractivity contribution in [3.05, 3.63) is 29.3 Å². The maximum atomic E-state index is 13.1. The molecule has 2 bridgehead atoms. The minimum absolute atomic E-state index is 0.116. The largest absolute Gasteiger partial charge is 0.417 e. The number of alkyl halides is 3. The van der Waals surface area contributed by atoms with E-state index < -0.39 is 17.3 Å². The van der Waals surface area contributed by atoms with Crippen molar-refractivity contribution in [3.8, 4) is 6.07 Å². The first-order chi connectivity index (χ1) is 10.9. The van der Waals surface area contributed by atoms with Crippen molar-refractivity contribution >= 4 is 11.6 Å². The molecule has 2 heterocycles. The fourth-order valence-corrected chi connectivity index (χ4v) is 4.26. The molecule has 3 atom stereocenters. The average molecular weight is 321 g/mol. The van der Waals surface area contributed by atoms with Crippen molar-refractivity contribution in [3.63, 3.8) is 0 Å². The Kier molecular flexibility index (Phi) is 2.97. The summed E-state index contributed by atoms with van der Waals surface area (Å²) in [5.41, 5.74) is -1.19. The summed E-state index contributed by atoms with van der Waals surface area (Å²) >= 11 is 0. The van der Waals surface area contributed by atoms with E-state index in [-0.39, 0.29) is 17.6 Å². The highest BCUT2D eigenvalue weighted by Crippen LogP contribution is 2.46. The van der Waals surface area contributed by atoms with Crippen LogP contribution in [0.25, 0.3) is 0 Å². The van der Waals surface area contributed by atoms with Crippen LogP contribution in [0.4, 0.5) is 18.9 Å². The number of amides is 1. The third-order valence-electron chi connectivity index (χ3n) is 5.28. The van der Waals surface area contributed by atoms with Crippen molar-refractivity contribution in [2.75, 3.05) is 11.6 Å². The Hall–Kier alpha value is -2.07. The van der Waals surface area contributed by atoms with Gasteiger partial charge in [-0.1, -0.05) is 0 Å². The van der Waals surface area contributed by atoms with Gasteiger partial charge in [-0.2, -0.15) is 18.4 Å². The van der Waals surface area contributed by atoms with E-state index in [1.54, 1.807) is 6.07 Å². The van der Waals surface area contributed by atoms with Gasteiger partial charge in [-0.05, 0) is 43.4 Å². The monoisotopic (exact) mass is 321 g/mol.